The lowest BCUT2D eigenvalue weighted by Crippen LogP contribution is -2.28. The molecule has 162 valence electrons. The van der Waals surface area contributed by atoms with Crippen molar-refractivity contribution >= 4 is 34.2 Å². The van der Waals surface area contributed by atoms with E-state index in [0.29, 0.717) is 34.9 Å². The number of aromatic amines is 1. The molecule has 4 aromatic heterocycles. The van der Waals surface area contributed by atoms with Gasteiger partial charge in [-0.15, -0.1) is 0 Å². The van der Waals surface area contributed by atoms with Gasteiger partial charge in [-0.1, -0.05) is 0 Å². The zero-order valence-electron chi connectivity index (χ0n) is 17.7. The number of carbonyl (C=O) groups is 1. The summed E-state index contributed by atoms with van der Waals surface area (Å²) >= 11 is 0. The second kappa shape index (κ2) is 7.38. The highest BCUT2D eigenvalue weighted by atomic mass is 16.2. The Labute approximate surface area is 181 Å². The van der Waals surface area contributed by atoms with E-state index < -0.39 is 0 Å². The Morgan fingerprint density at radius 3 is 2.81 bits per heavy atom. The van der Waals surface area contributed by atoms with Crippen LogP contribution in [0, 0.1) is 0 Å². The van der Waals surface area contributed by atoms with E-state index in [1.54, 1.807) is 30.3 Å². The zero-order valence-corrected chi connectivity index (χ0v) is 17.7. The lowest BCUT2D eigenvalue weighted by molar-refractivity contribution is 0.252. The minimum absolute atomic E-state index is 0.157. The van der Waals surface area contributed by atoms with Crippen LogP contribution < -0.4 is 16.2 Å². The van der Waals surface area contributed by atoms with Crippen LogP contribution in [0.5, 0.6) is 0 Å². The van der Waals surface area contributed by atoms with Gasteiger partial charge in [-0.2, -0.15) is 5.10 Å². The van der Waals surface area contributed by atoms with E-state index in [0.717, 1.165) is 16.6 Å². The second-order valence-corrected chi connectivity index (χ2v) is 7.39. The molecule has 0 aliphatic rings. The number of amides is 2. The summed E-state index contributed by atoms with van der Waals surface area (Å²) in [4.78, 5) is 36.7. The lowest BCUT2D eigenvalue weighted by atomic mass is 10.0. The van der Waals surface area contributed by atoms with Crippen LogP contribution in [0.4, 0.5) is 10.7 Å². The van der Waals surface area contributed by atoms with Gasteiger partial charge in [0.2, 0.25) is 5.95 Å². The van der Waals surface area contributed by atoms with Gasteiger partial charge in [0, 0.05) is 44.7 Å². The molecule has 5 rings (SSSR count). The van der Waals surface area contributed by atoms with Gasteiger partial charge in [-0.05, 0) is 30.7 Å². The van der Waals surface area contributed by atoms with Crippen molar-refractivity contribution in [3.8, 4) is 16.8 Å². The predicted octanol–water partition coefficient (Wildman–Crippen LogP) is 2.14. The molecule has 32 heavy (non-hydrogen) atoms. The highest BCUT2D eigenvalue weighted by molar-refractivity contribution is 5.97. The fraction of sp³-hybridized carbons (Fsp3) is 0.190. The number of nitrogens with one attached hydrogen (secondary N) is 3. The second-order valence-electron chi connectivity index (χ2n) is 7.39. The van der Waals surface area contributed by atoms with Crippen LogP contribution in [-0.2, 0) is 14.1 Å². The molecular formula is C21H21N9O2. The Hall–Kier alpha value is -4.41. The van der Waals surface area contributed by atoms with E-state index in [9.17, 15) is 9.59 Å². The van der Waals surface area contributed by atoms with Crippen LogP contribution in [0.3, 0.4) is 0 Å². The molecule has 0 bridgehead atoms. The molecule has 11 heteroatoms. The molecule has 0 aliphatic heterocycles. The van der Waals surface area contributed by atoms with E-state index in [-0.39, 0.29) is 11.6 Å². The first kappa shape index (κ1) is 19.5. The molecule has 5 aromatic rings. The summed E-state index contributed by atoms with van der Waals surface area (Å²) in [5, 5.41) is 9.73. The van der Waals surface area contributed by atoms with Crippen molar-refractivity contribution in [3.63, 3.8) is 0 Å². The summed E-state index contributed by atoms with van der Waals surface area (Å²) in [7, 11) is 3.59. The molecule has 2 amide bonds. The van der Waals surface area contributed by atoms with Crippen molar-refractivity contribution in [3.05, 3.63) is 53.3 Å². The van der Waals surface area contributed by atoms with E-state index in [1.165, 1.54) is 4.57 Å². The number of urea groups is 1. The van der Waals surface area contributed by atoms with Gasteiger partial charge in [0.1, 0.15) is 5.52 Å². The molecule has 0 atom stereocenters. The highest BCUT2D eigenvalue weighted by Gasteiger charge is 2.18. The van der Waals surface area contributed by atoms with E-state index >= 15 is 0 Å². The van der Waals surface area contributed by atoms with Crippen LogP contribution in [0.1, 0.15) is 6.92 Å². The van der Waals surface area contributed by atoms with Crippen LogP contribution in [0.15, 0.2) is 47.8 Å². The third-order valence-electron chi connectivity index (χ3n) is 5.29. The number of benzene rings is 1. The summed E-state index contributed by atoms with van der Waals surface area (Å²) < 4.78 is 5.11. The Morgan fingerprint density at radius 2 is 2.06 bits per heavy atom. The van der Waals surface area contributed by atoms with Gasteiger partial charge in [-0.25, -0.2) is 19.4 Å². The number of anilines is 1. The molecule has 0 fully saturated rings. The molecule has 0 unspecified atom stereocenters. The van der Waals surface area contributed by atoms with Gasteiger partial charge >= 0.3 is 6.03 Å². The SMILES string of the molecule is CCNC(=O)Nc1nc2c(-n3cccn3)cc(-c3cc(=O)n(C)c4ncn(C)c34)cc2[nH]1. The van der Waals surface area contributed by atoms with Crippen molar-refractivity contribution in [1.82, 2.24) is 39.2 Å². The molecule has 0 spiro atoms. The third kappa shape index (κ3) is 3.11. The van der Waals surface area contributed by atoms with Crippen molar-refractivity contribution in [2.75, 3.05) is 11.9 Å². The minimum Gasteiger partial charge on any atom is -0.338 e. The number of nitrogens with zero attached hydrogens (tertiary/aromatic N) is 6. The third-order valence-corrected chi connectivity index (χ3v) is 5.29. The van der Waals surface area contributed by atoms with Crippen LogP contribution in [-0.4, -0.2) is 46.4 Å². The average molecular weight is 431 g/mol. The van der Waals surface area contributed by atoms with Crippen LogP contribution >= 0.6 is 0 Å². The number of hydrogen-bond acceptors (Lipinski definition) is 5. The highest BCUT2D eigenvalue weighted by Crippen LogP contribution is 2.32. The number of pyridine rings is 1. The monoisotopic (exact) mass is 431 g/mol. The molecular weight excluding hydrogens is 410 g/mol. The van der Waals surface area contributed by atoms with Crippen LogP contribution in [0.25, 0.3) is 39.0 Å². The van der Waals surface area contributed by atoms with Gasteiger partial charge in [0.15, 0.2) is 5.65 Å². The lowest BCUT2D eigenvalue weighted by Gasteiger charge is -2.10. The zero-order chi connectivity index (χ0) is 22.4. The van der Waals surface area contributed by atoms with Crippen molar-refractivity contribution in [1.29, 1.82) is 0 Å². The van der Waals surface area contributed by atoms with Crippen molar-refractivity contribution in [2.45, 2.75) is 6.92 Å². The number of hydrogen-bond donors (Lipinski definition) is 3. The molecule has 0 aliphatic carbocycles. The number of fused-ring (bicyclic) bond motifs is 2. The van der Waals surface area contributed by atoms with E-state index in [1.807, 2.05) is 42.9 Å². The molecule has 3 N–H and O–H groups in total. The quantitative estimate of drug-likeness (QED) is 0.402. The van der Waals surface area contributed by atoms with Crippen LogP contribution in [0.2, 0.25) is 0 Å². The Morgan fingerprint density at radius 1 is 1.22 bits per heavy atom. The average Bonchev–Trinajstić information content (AvgIpc) is 3.50. The molecule has 0 radical (unpaired) electrons. The Balaban J connectivity index is 1.76. The maximum absolute atomic E-state index is 12.6. The fourth-order valence-electron chi connectivity index (χ4n) is 3.80. The first-order valence-corrected chi connectivity index (χ1v) is 10.1. The van der Waals surface area contributed by atoms with Crippen molar-refractivity contribution in [2.24, 2.45) is 14.1 Å². The Bertz CT molecular complexity index is 1520. The minimum atomic E-state index is -0.351. The normalized spacial score (nSPS) is 11.3. The van der Waals surface area contributed by atoms with E-state index in [4.69, 9.17) is 0 Å². The molecule has 1 aromatic carbocycles. The number of H-pyrrole nitrogens is 1. The maximum atomic E-state index is 12.6. The number of aromatic nitrogens is 7. The first-order chi connectivity index (χ1) is 15.5. The van der Waals surface area contributed by atoms with E-state index in [2.05, 4.69) is 30.7 Å². The first-order valence-electron chi connectivity index (χ1n) is 10.1. The largest absolute Gasteiger partial charge is 0.338 e. The molecule has 4 heterocycles. The number of carbonyl (C=O) groups excluding carboxylic acids is 1. The summed E-state index contributed by atoms with van der Waals surface area (Å²) in [5.41, 5.74) is 4.84. The molecule has 0 saturated carbocycles. The Kier molecular flexibility index (Phi) is 4.51. The summed E-state index contributed by atoms with van der Waals surface area (Å²) in [6.07, 6.45) is 5.18. The molecule has 0 saturated heterocycles. The summed E-state index contributed by atoms with van der Waals surface area (Å²) in [5.74, 6) is 0.311. The predicted molar refractivity (Wildman–Crippen MR) is 121 cm³/mol. The number of aryl methyl sites for hydroxylation is 2. The standard InChI is InChI=1S/C21H21N9O2/c1-4-22-21(32)27-20-25-14-8-12(9-15(17(14)26-20)30-7-5-6-24-30)13-10-16(31)29(3)19-18(13)28(2)11-23-19/h5-11H,4H2,1-3H3,(H3,22,25,26,27,32). The van der Waals surface area contributed by atoms with Crippen molar-refractivity contribution < 1.29 is 4.79 Å². The summed E-state index contributed by atoms with van der Waals surface area (Å²) in [6.45, 7) is 2.34. The van der Waals surface area contributed by atoms with Gasteiger partial charge < -0.3 is 14.9 Å². The number of rotatable bonds is 4. The molecule has 11 nitrogen and oxygen atoms in total. The van der Waals surface area contributed by atoms with Gasteiger partial charge in [0.05, 0.1) is 23.0 Å². The maximum Gasteiger partial charge on any atom is 0.321 e. The van der Waals surface area contributed by atoms with Gasteiger partial charge in [0.25, 0.3) is 5.56 Å². The smallest absolute Gasteiger partial charge is 0.321 e. The number of imidazole rings is 2. The fourth-order valence-corrected chi connectivity index (χ4v) is 3.80. The topological polar surface area (TPSA) is 127 Å². The summed E-state index contributed by atoms with van der Waals surface area (Å²) in [6, 6.07) is 6.89. The van der Waals surface area contributed by atoms with Gasteiger partial charge in [-0.3, -0.25) is 14.7 Å².